The molecule has 0 atom stereocenters. The highest BCUT2D eigenvalue weighted by Crippen LogP contribution is 2.41. The molecule has 1 N–H and O–H groups in total. The van der Waals surface area contributed by atoms with Gasteiger partial charge in [0.1, 0.15) is 5.82 Å². The fourth-order valence-corrected chi connectivity index (χ4v) is 1.31. The molecule has 0 aromatic carbocycles. The Balaban J connectivity index is 2.24. The standard InChI is InChI=1S/C9H13N3/c1-2-10-9-8(7-3-4-7)11-5-6-12-9/h5-7H,2-4H2,1H3,(H,10,12). The average molecular weight is 163 g/mol. The van der Waals surface area contributed by atoms with Crippen molar-refractivity contribution in [2.24, 2.45) is 0 Å². The smallest absolute Gasteiger partial charge is 0.148 e. The first-order chi connectivity index (χ1) is 5.92. The predicted molar refractivity (Wildman–Crippen MR) is 48.2 cm³/mol. The average Bonchev–Trinajstić information content (AvgIpc) is 2.89. The van der Waals surface area contributed by atoms with Crippen LogP contribution in [0.15, 0.2) is 12.4 Å². The van der Waals surface area contributed by atoms with E-state index in [1.165, 1.54) is 12.8 Å². The van der Waals surface area contributed by atoms with Crippen LogP contribution in [0.25, 0.3) is 0 Å². The van der Waals surface area contributed by atoms with Crippen molar-refractivity contribution < 1.29 is 0 Å². The van der Waals surface area contributed by atoms with Gasteiger partial charge in [-0.2, -0.15) is 0 Å². The van der Waals surface area contributed by atoms with Gasteiger partial charge in [0.15, 0.2) is 0 Å². The summed E-state index contributed by atoms with van der Waals surface area (Å²) >= 11 is 0. The summed E-state index contributed by atoms with van der Waals surface area (Å²) in [4.78, 5) is 8.59. The molecule has 3 nitrogen and oxygen atoms in total. The zero-order chi connectivity index (χ0) is 8.39. The number of hydrogen-bond acceptors (Lipinski definition) is 3. The van der Waals surface area contributed by atoms with Gasteiger partial charge in [-0.3, -0.25) is 4.98 Å². The lowest BCUT2D eigenvalue weighted by Crippen LogP contribution is -2.03. The minimum atomic E-state index is 0.674. The summed E-state index contributed by atoms with van der Waals surface area (Å²) in [6.45, 7) is 2.99. The van der Waals surface area contributed by atoms with Crippen LogP contribution >= 0.6 is 0 Å². The lowest BCUT2D eigenvalue weighted by Gasteiger charge is -2.05. The predicted octanol–water partition coefficient (Wildman–Crippen LogP) is 1.79. The Hall–Kier alpha value is -1.12. The molecule has 1 aromatic heterocycles. The lowest BCUT2D eigenvalue weighted by molar-refractivity contribution is 0.977. The fourth-order valence-electron chi connectivity index (χ4n) is 1.31. The Kier molecular flexibility index (Phi) is 1.94. The summed E-state index contributed by atoms with van der Waals surface area (Å²) in [6, 6.07) is 0. The monoisotopic (exact) mass is 163 g/mol. The Labute approximate surface area is 72.2 Å². The van der Waals surface area contributed by atoms with Crippen LogP contribution in [0, 0.1) is 0 Å². The van der Waals surface area contributed by atoms with E-state index in [9.17, 15) is 0 Å². The fraction of sp³-hybridized carbons (Fsp3) is 0.556. The van der Waals surface area contributed by atoms with E-state index in [1.54, 1.807) is 12.4 Å². The van der Waals surface area contributed by atoms with Gasteiger partial charge < -0.3 is 5.32 Å². The molecule has 1 aliphatic carbocycles. The summed E-state index contributed by atoms with van der Waals surface area (Å²) in [7, 11) is 0. The van der Waals surface area contributed by atoms with Crippen molar-refractivity contribution in [1.82, 2.24) is 9.97 Å². The quantitative estimate of drug-likeness (QED) is 0.738. The molecule has 0 bridgehead atoms. The number of rotatable bonds is 3. The van der Waals surface area contributed by atoms with Crippen molar-refractivity contribution in [3.05, 3.63) is 18.1 Å². The van der Waals surface area contributed by atoms with Crippen molar-refractivity contribution in [3.63, 3.8) is 0 Å². The Morgan fingerprint density at radius 1 is 1.42 bits per heavy atom. The molecule has 0 amide bonds. The topological polar surface area (TPSA) is 37.8 Å². The molecule has 12 heavy (non-hydrogen) atoms. The van der Waals surface area contributed by atoms with Crippen molar-refractivity contribution in [3.8, 4) is 0 Å². The summed E-state index contributed by atoms with van der Waals surface area (Å²) < 4.78 is 0. The summed E-state index contributed by atoms with van der Waals surface area (Å²) in [5.74, 6) is 1.65. The second-order valence-electron chi connectivity index (χ2n) is 3.09. The number of nitrogens with one attached hydrogen (secondary N) is 1. The molecule has 0 aliphatic heterocycles. The SMILES string of the molecule is CCNc1nccnc1C1CC1. The molecule has 1 aliphatic rings. The van der Waals surface area contributed by atoms with Crippen LogP contribution in [0.1, 0.15) is 31.4 Å². The molecule has 64 valence electrons. The first kappa shape index (κ1) is 7.53. The summed E-state index contributed by atoms with van der Waals surface area (Å²) in [6.07, 6.45) is 6.06. The number of aromatic nitrogens is 2. The summed E-state index contributed by atoms with van der Waals surface area (Å²) in [5.41, 5.74) is 1.15. The first-order valence-electron chi connectivity index (χ1n) is 4.46. The van der Waals surface area contributed by atoms with Gasteiger partial charge in [-0.1, -0.05) is 0 Å². The van der Waals surface area contributed by atoms with E-state index in [1.807, 2.05) is 0 Å². The molecule has 0 radical (unpaired) electrons. The van der Waals surface area contributed by atoms with Crippen molar-refractivity contribution >= 4 is 5.82 Å². The van der Waals surface area contributed by atoms with Crippen LogP contribution in [0.3, 0.4) is 0 Å². The molecule has 0 unspecified atom stereocenters. The Bertz CT molecular complexity index is 268. The lowest BCUT2D eigenvalue weighted by atomic mass is 10.3. The summed E-state index contributed by atoms with van der Waals surface area (Å²) in [5, 5.41) is 3.22. The minimum Gasteiger partial charge on any atom is -0.369 e. The molecule has 0 saturated heterocycles. The van der Waals surface area contributed by atoms with Crippen LogP contribution in [-0.4, -0.2) is 16.5 Å². The maximum atomic E-state index is 4.33. The largest absolute Gasteiger partial charge is 0.369 e. The highest BCUT2D eigenvalue weighted by atomic mass is 15.0. The van der Waals surface area contributed by atoms with Crippen molar-refractivity contribution in [2.45, 2.75) is 25.7 Å². The molecule has 1 saturated carbocycles. The van der Waals surface area contributed by atoms with Crippen LogP contribution in [0.5, 0.6) is 0 Å². The third-order valence-corrected chi connectivity index (χ3v) is 2.03. The van der Waals surface area contributed by atoms with E-state index >= 15 is 0 Å². The normalized spacial score (nSPS) is 16.1. The Morgan fingerprint density at radius 3 is 2.83 bits per heavy atom. The third kappa shape index (κ3) is 1.40. The van der Waals surface area contributed by atoms with E-state index in [4.69, 9.17) is 0 Å². The van der Waals surface area contributed by atoms with E-state index < -0.39 is 0 Å². The molecule has 0 spiro atoms. The van der Waals surface area contributed by atoms with E-state index in [2.05, 4.69) is 22.2 Å². The van der Waals surface area contributed by atoms with Gasteiger partial charge in [-0.15, -0.1) is 0 Å². The molecular weight excluding hydrogens is 150 g/mol. The number of hydrogen-bond donors (Lipinski definition) is 1. The number of anilines is 1. The molecule has 2 rings (SSSR count). The molecule has 1 aromatic rings. The van der Waals surface area contributed by atoms with Crippen molar-refractivity contribution in [2.75, 3.05) is 11.9 Å². The van der Waals surface area contributed by atoms with Gasteiger partial charge in [-0.05, 0) is 19.8 Å². The third-order valence-electron chi connectivity index (χ3n) is 2.03. The zero-order valence-corrected chi connectivity index (χ0v) is 7.25. The molecule has 3 heteroatoms. The zero-order valence-electron chi connectivity index (χ0n) is 7.25. The van der Waals surface area contributed by atoms with Crippen LogP contribution < -0.4 is 5.32 Å². The molecule has 1 fully saturated rings. The van der Waals surface area contributed by atoms with E-state index in [0.29, 0.717) is 5.92 Å². The van der Waals surface area contributed by atoms with Crippen LogP contribution in [-0.2, 0) is 0 Å². The van der Waals surface area contributed by atoms with Gasteiger partial charge in [0.2, 0.25) is 0 Å². The maximum Gasteiger partial charge on any atom is 0.148 e. The van der Waals surface area contributed by atoms with Crippen LogP contribution in [0.4, 0.5) is 5.82 Å². The van der Waals surface area contributed by atoms with Gasteiger partial charge in [0, 0.05) is 24.9 Å². The van der Waals surface area contributed by atoms with E-state index in [0.717, 1.165) is 18.1 Å². The maximum absolute atomic E-state index is 4.33. The van der Waals surface area contributed by atoms with Gasteiger partial charge in [-0.25, -0.2) is 4.98 Å². The van der Waals surface area contributed by atoms with E-state index in [-0.39, 0.29) is 0 Å². The molecular formula is C9H13N3. The highest BCUT2D eigenvalue weighted by Gasteiger charge is 2.27. The van der Waals surface area contributed by atoms with Gasteiger partial charge in [0.25, 0.3) is 0 Å². The van der Waals surface area contributed by atoms with Gasteiger partial charge in [0.05, 0.1) is 5.69 Å². The van der Waals surface area contributed by atoms with Crippen molar-refractivity contribution in [1.29, 1.82) is 0 Å². The second kappa shape index (κ2) is 3.09. The first-order valence-corrected chi connectivity index (χ1v) is 4.46. The number of nitrogens with zero attached hydrogens (tertiary/aromatic N) is 2. The second-order valence-corrected chi connectivity index (χ2v) is 3.09. The molecule has 1 heterocycles. The minimum absolute atomic E-state index is 0.674. The Morgan fingerprint density at radius 2 is 2.17 bits per heavy atom. The van der Waals surface area contributed by atoms with Crippen LogP contribution in [0.2, 0.25) is 0 Å². The van der Waals surface area contributed by atoms with Gasteiger partial charge >= 0.3 is 0 Å². The highest BCUT2D eigenvalue weighted by molar-refractivity contribution is 5.42.